The molecule has 0 aromatic carbocycles. The number of hydrogen-bond acceptors (Lipinski definition) is 3. The monoisotopic (exact) mass is 241 g/mol. The molecule has 3 nitrogen and oxygen atoms in total. The fourth-order valence-corrected chi connectivity index (χ4v) is 2.54. The lowest BCUT2D eigenvalue weighted by Gasteiger charge is -2.17. The van der Waals surface area contributed by atoms with Crippen LogP contribution in [0.1, 0.15) is 38.9 Å². The molecule has 0 aliphatic heterocycles. The Kier molecular flexibility index (Phi) is 5.91. The summed E-state index contributed by atoms with van der Waals surface area (Å²) in [7, 11) is 1.97. The van der Waals surface area contributed by atoms with Crippen LogP contribution in [0.2, 0.25) is 0 Å². The molecule has 0 fully saturated rings. The highest BCUT2D eigenvalue weighted by Gasteiger charge is 2.14. The molecule has 16 heavy (non-hydrogen) atoms. The van der Waals surface area contributed by atoms with Gasteiger partial charge in [-0.05, 0) is 19.0 Å². The van der Waals surface area contributed by atoms with Crippen LogP contribution in [0.4, 0.5) is 0 Å². The van der Waals surface area contributed by atoms with E-state index in [1.54, 1.807) is 0 Å². The van der Waals surface area contributed by atoms with Crippen molar-refractivity contribution in [3.63, 3.8) is 0 Å². The Morgan fingerprint density at radius 3 is 2.75 bits per heavy atom. The number of aromatic nitrogens is 2. The van der Waals surface area contributed by atoms with Crippen molar-refractivity contribution in [2.24, 2.45) is 7.05 Å². The zero-order valence-electron chi connectivity index (χ0n) is 10.7. The zero-order valence-corrected chi connectivity index (χ0v) is 11.5. The fourth-order valence-electron chi connectivity index (χ4n) is 1.49. The maximum absolute atomic E-state index is 4.47. The van der Waals surface area contributed by atoms with Gasteiger partial charge in [0.1, 0.15) is 0 Å². The van der Waals surface area contributed by atoms with Crippen LogP contribution < -0.4 is 5.32 Å². The van der Waals surface area contributed by atoms with Crippen molar-refractivity contribution in [2.45, 2.75) is 38.5 Å². The van der Waals surface area contributed by atoms with Crippen LogP contribution in [0, 0.1) is 0 Å². The van der Waals surface area contributed by atoms with Gasteiger partial charge < -0.3 is 5.32 Å². The van der Waals surface area contributed by atoms with Crippen molar-refractivity contribution in [3.05, 3.63) is 18.0 Å². The quantitative estimate of drug-likeness (QED) is 0.796. The van der Waals surface area contributed by atoms with Gasteiger partial charge in [-0.3, -0.25) is 4.68 Å². The van der Waals surface area contributed by atoms with Gasteiger partial charge in [0.2, 0.25) is 0 Å². The molecule has 0 bridgehead atoms. The first-order valence-electron chi connectivity index (χ1n) is 6.01. The third kappa shape index (κ3) is 4.18. The molecule has 4 heteroatoms. The topological polar surface area (TPSA) is 29.9 Å². The second kappa shape index (κ2) is 6.97. The molecule has 2 unspecified atom stereocenters. The van der Waals surface area contributed by atoms with E-state index in [0.717, 1.165) is 23.2 Å². The van der Waals surface area contributed by atoms with Gasteiger partial charge in [-0.2, -0.15) is 16.9 Å². The largest absolute Gasteiger partial charge is 0.308 e. The van der Waals surface area contributed by atoms with E-state index in [9.17, 15) is 0 Å². The van der Waals surface area contributed by atoms with Gasteiger partial charge >= 0.3 is 0 Å². The number of rotatable bonds is 7. The van der Waals surface area contributed by atoms with Crippen LogP contribution in [0.25, 0.3) is 0 Å². The van der Waals surface area contributed by atoms with Crippen LogP contribution in [0.15, 0.2) is 12.3 Å². The standard InChI is InChI=1S/C12H23N3S/c1-5-10(3)16-9-12(13-6-2)11-7-8-15(4)14-11/h7-8,10,12-13H,5-6,9H2,1-4H3. The van der Waals surface area contributed by atoms with Gasteiger partial charge in [0, 0.05) is 24.2 Å². The molecule has 0 spiro atoms. The molecule has 0 radical (unpaired) electrons. The van der Waals surface area contributed by atoms with E-state index in [-0.39, 0.29) is 0 Å². The van der Waals surface area contributed by atoms with Crippen molar-refractivity contribution in [3.8, 4) is 0 Å². The minimum Gasteiger partial charge on any atom is -0.308 e. The zero-order chi connectivity index (χ0) is 12.0. The van der Waals surface area contributed by atoms with Crippen LogP contribution in [0.5, 0.6) is 0 Å². The van der Waals surface area contributed by atoms with Gasteiger partial charge in [0.05, 0.1) is 11.7 Å². The van der Waals surface area contributed by atoms with Gasteiger partial charge in [-0.15, -0.1) is 0 Å². The predicted molar refractivity (Wildman–Crippen MR) is 71.8 cm³/mol. The van der Waals surface area contributed by atoms with Gasteiger partial charge in [-0.1, -0.05) is 20.8 Å². The van der Waals surface area contributed by atoms with E-state index in [1.807, 2.05) is 29.7 Å². The lowest BCUT2D eigenvalue weighted by atomic mass is 10.2. The third-order valence-electron chi connectivity index (χ3n) is 2.66. The van der Waals surface area contributed by atoms with Crippen molar-refractivity contribution >= 4 is 11.8 Å². The van der Waals surface area contributed by atoms with E-state index >= 15 is 0 Å². The highest BCUT2D eigenvalue weighted by molar-refractivity contribution is 7.99. The van der Waals surface area contributed by atoms with E-state index < -0.39 is 0 Å². The maximum atomic E-state index is 4.47. The van der Waals surface area contributed by atoms with Crippen molar-refractivity contribution in [2.75, 3.05) is 12.3 Å². The predicted octanol–water partition coefficient (Wildman–Crippen LogP) is 2.60. The van der Waals surface area contributed by atoms with Gasteiger partial charge in [0.25, 0.3) is 0 Å². The summed E-state index contributed by atoms with van der Waals surface area (Å²) in [4.78, 5) is 0. The van der Waals surface area contributed by atoms with Crippen LogP contribution in [0.3, 0.4) is 0 Å². The number of nitrogens with zero attached hydrogens (tertiary/aromatic N) is 2. The molecule has 0 aliphatic carbocycles. The second-order valence-electron chi connectivity index (χ2n) is 4.08. The van der Waals surface area contributed by atoms with Gasteiger partial charge in [0.15, 0.2) is 0 Å². The summed E-state index contributed by atoms with van der Waals surface area (Å²) >= 11 is 2.02. The van der Waals surface area contributed by atoms with Gasteiger partial charge in [-0.25, -0.2) is 0 Å². The first kappa shape index (κ1) is 13.6. The Balaban J connectivity index is 2.53. The molecule has 0 saturated heterocycles. The van der Waals surface area contributed by atoms with E-state index in [2.05, 4.69) is 37.3 Å². The summed E-state index contributed by atoms with van der Waals surface area (Å²) in [6.07, 6.45) is 3.24. The first-order chi connectivity index (χ1) is 7.67. The molecule has 2 atom stereocenters. The molecule has 0 saturated carbocycles. The number of nitrogens with one attached hydrogen (secondary N) is 1. The first-order valence-corrected chi connectivity index (χ1v) is 7.06. The van der Waals surface area contributed by atoms with Crippen molar-refractivity contribution in [1.82, 2.24) is 15.1 Å². The Morgan fingerprint density at radius 1 is 1.50 bits per heavy atom. The summed E-state index contributed by atoms with van der Waals surface area (Å²) in [6.45, 7) is 7.65. The number of hydrogen-bond donors (Lipinski definition) is 1. The summed E-state index contributed by atoms with van der Waals surface area (Å²) in [5.41, 5.74) is 1.15. The molecular weight excluding hydrogens is 218 g/mol. The normalized spacial score (nSPS) is 15.0. The van der Waals surface area contributed by atoms with Crippen LogP contribution in [-0.4, -0.2) is 27.3 Å². The summed E-state index contributed by atoms with van der Waals surface area (Å²) < 4.78 is 1.87. The van der Waals surface area contributed by atoms with Crippen LogP contribution in [-0.2, 0) is 7.05 Å². The smallest absolute Gasteiger partial charge is 0.0802 e. The summed E-state index contributed by atoms with van der Waals surface area (Å²) in [6, 6.07) is 2.48. The third-order valence-corrected chi connectivity index (χ3v) is 4.09. The van der Waals surface area contributed by atoms with Crippen LogP contribution >= 0.6 is 11.8 Å². The highest BCUT2D eigenvalue weighted by atomic mass is 32.2. The average molecular weight is 241 g/mol. The van der Waals surface area contributed by atoms with E-state index in [4.69, 9.17) is 0 Å². The molecule has 1 rings (SSSR count). The molecule has 0 amide bonds. The average Bonchev–Trinajstić information content (AvgIpc) is 2.70. The highest BCUT2D eigenvalue weighted by Crippen LogP contribution is 2.21. The molecule has 0 aliphatic rings. The summed E-state index contributed by atoms with van der Waals surface area (Å²) in [5, 5.41) is 8.70. The molecule has 92 valence electrons. The Hall–Kier alpha value is -0.480. The van der Waals surface area contributed by atoms with E-state index in [0.29, 0.717) is 6.04 Å². The van der Waals surface area contributed by atoms with E-state index in [1.165, 1.54) is 6.42 Å². The lowest BCUT2D eigenvalue weighted by Crippen LogP contribution is -2.24. The number of aryl methyl sites for hydroxylation is 1. The van der Waals surface area contributed by atoms with Crippen molar-refractivity contribution < 1.29 is 0 Å². The maximum Gasteiger partial charge on any atom is 0.0802 e. The SMILES string of the molecule is CCNC(CSC(C)CC)c1ccn(C)n1. The molecule has 1 N–H and O–H groups in total. The molecular formula is C12H23N3S. The minimum absolute atomic E-state index is 0.380. The Morgan fingerprint density at radius 2 is 2.25 bits per heavy atom. The Bertz CT molecular complexity index is 298. The molecule has 1 heterocycles. The number of thioether (sulfide) groups is 1. The second-order valence-corrected chi connectivity index (χ2v) is 5.55. The molecule has 1 aromatic rings. The lowest BCUT2D eigenvalue weighted by molar-refractivity contribution is 0.577. The summed E-state index contributed by atoms with van der Waals surface area (Å²) in [5.74, 6) is 1.10. The molecule has 1 aromatic heterocycles. The Labute approximate surface area is 103 Å². The fraction of sp³-hybridized carbons (Fsp3) is 0.750. The van der Waals surface area contributed by atoms with Crippen molar-refractivity contribution in [1.29, 1.82) is 0 Å². The minimum atomic E-state index is 0.380.